The van der Waals surface area contributed by atoms with Crippen molar-refractivity contribution in [3.63, 3.8) is 0 Å². The predicted molar refractivity (Wildman–Crippen MR) is 80.8 cm³/mol. The summed E-state index contributed by atoms with van der Waals surface area (Å²) in [7, 11) is 0. The van der Waals surface area contributed by atoms with Gasteiger partial charge in [0, 0.05) is 17.0 Å². The molecule has 0 heterocycles. The lowest BCUT2D eigenvalue weighted by molar-refractivity contribution is -0.120. The van der Waals surface area contributed by atoms with E-state index >= 15 is 0 Å². The summed E-state index contributed by atoms with van der Waals surface area (Å²) < 4.78 is 12.8. The number of rotatable bonds is 4. The van der Waals surface area contributed by atoms with Crippen LogP contribution in [0.5, 0.6) is 0 Å². The maximum absolute atomic E-state index is 12.8. The molecule has 1 aliphatic carbocycles. The molecule has 0 unspecified atom stereocenters. The van der Waals surface area contributed by atoms with Crippen LogP contribution in [0.3, 0.4) is 0 Å². The van der Waals surface area contributed by atoms with E-state index in [2.05, 4.69) is 5.32 Å². The van der Waals surface area contributed by atoms with Crippen LogP contribution in [0.4, 0.5) is 4.39 Å². The first-order chi connectivity index (χ1) is 10.1. The second-order valence-corrected chi connectivity index (χ2v) is 5.81. The van der Waals surface area contributed by atoms with E-state index in [0.29, 0.717) is 5.92 Å². The highest BCUT2D eigenvalue weighted by atomic mass is 35.5. The SMILES string of the molecule is O=C(Cc1ccc(F)cc1)N[C@@H]1C[C@H]1c1ccc(Cl)cc1. The minimum atomic E-state index is -0.288. The monoisotopic (exact) mass is 303 g/mol. The Hall–Kier alpha value is -1.87. The van der Waals surface area contributed by atoms with Crippen molar-refractivity contribution in [2.45, 2.75) is 24.8 Å². The zero-order valence-electron chi connectivity index (χ0n) is 11.4. The second kappa shape index (κ2) is 5.86. The fraction of sp³-hybridized carbons (Fsp3) is 0.235. The first kappa shape index (κ1) is 14.1. The highest BCUT2D eigenvalue weighted by molar-refractivity contribution is 6.30. The molecule has 0 radical (unpaired) electrons. The largest absolute Gasteiger partial charge is 0.352 e. The summed E-state index contributed by atoms with van der Waals surface area (Å²) in [4.78, 5) is 12.0. The Morgan fingerprint density at radius 1 is 1.14 bits per heavy atom. The topological polar surface area (TPSA) is 29.1 Å². The van der Waals surface area contributed by atoms with Crippen LogP contribution in [-0.4, -0.2) is 11.9 Å². The molecule has 1 aliphatic rings. The Morgan fingerprint density at radius 2 is 1.81 bits per heavy atom. The van der Waals surface area contributed by atoms with E-state index in [9.17, 15) is 9.18 Å². The molecule has 2 atom stereocenters. The van der Waals surface area contributed by atoms with E-state index in [-0.39, 0.29) is 24.2 Å². The molecule has 0 bridgehead atoms. The third-order valence-corrected chi connectivity index (χ3v) is 3.96. The average Bonchev–Trinajstić information content (AvgIpc) is 3.21. The van der Waals surface area contributed by atoms with Gasteiger partial charge in [0.05, 0.1) is 6.42 Å². The van der Waals surface area contributed by atoms with Crippen LogP contribution in [0.1, 0.15) is 23.5 Å². The van der Waals surface area contributed by atoms with Crippen LogP contribution in [0, 0.1) is 5.82 Å². The normalized spacial score (nSPS) is 20.1. The number of hydrogen-bond donors (Lipinski definition) is 1. The summed E-state index contributed by atoms with van der Waals surface area (Å²) in [5.74, 6) is 0.0617. The van der Waals surface area contributed by atoms with Crippen molar-refractivity contribution in [3.05, 3.63) is 70.5 Å². The molecule has 1 saturated carbocycles. The van der Waals surface area contributed by atoms with Crippen molar-refractivity contribution < 1.29 is 9.18 Å². The molecule has 2 aromatic carbocycles. The van der Waals surface area contributed by atoms with Gasteiger partial charge >= 0.3 is 0 Å². The van der Waals surface area contributed by atoms with Crippen molar-refractivity contribution in [2.75, 3.05) is 0 Å². The molecule has 0 saturated heterocycles. The minimum Gasteiger partial charge on any atom is -0.352 e. The number of halogens is 2. The van der Waals surface area contributed by atoms with Crippen LogP contribution in [0.2, 0.25) is 5.02 Å². The van der Waals surface area contributed by atoms with Gasteiger partial charge in [0.15, 0.2) is 0 Å². The van der Waals surface area contributed by atoms with Gasteiger partial charge in [0.1, 0.15) is 5.82 Å². The van der Waals surface area contributed by atoms with Crippen LogP contribution in [-0.2, 0) is 11.2 Å². The number of nitrogens with one attached hydrogen (secondary N) is 1. The summed E-state index contributed by atoms with van der Waals surface area (Å²) in [6.07, 6.45) is 1.24. The van der Waals surface area contributed by atoms with Gasteiger partial charge in [0.2, 0.25) is 5.91 Å². The fourth-order valence-electron chi connectivity index (χ4n) is 2.48. The van der Waals surface area contributed by atoms with Gasteiger partial charge < -0.3 is 5.32 Å². The molecule has 3 rings (SSSR count). The maximum atomic E-state index is 12.8. The van der Waals surface area contributed by atoms with E-state index in [1.165, 1.54) is 17.7 Å². The molecule has 2 nitrogen and oxygen atoms in total. The highest BCUT2D eigenvalue weighted by Gasteiger charge is 2.39. The van der Waals surface area contributed by atoms with Crippen molar-refractivity contribution in [2.24, 2.45) is 0 Å². The summed E-state index contributed by atoms with van der Waals surface area (Å²) >= 11 is 5.86. The van der Waals surface area contributed by atoms with Gasteiger partial charge in [0.25, 0.3) is 0 Å². The molecule has 1 N–H and O–H groups in total. The number of amides is 1. The summed E-state index contributed by atoms with van der Waals surface area (Å²) in [6.45, 7) is 0. The van der Waals surface area contributed by atoms with Crippen LogP contribution < -0.4 is 5.32 Å². The Bertz CT molecular complexity index is 639. The van der Waals surface area contributed by atoms with Crippen molar-refractivity contribution in [1.82, 2.24) is 5.32 Å². The molecule has 0 spiro atoms. The smallest absolute Gasteiger partial charge is 0.224 e. The standard InChI is InChI=1S/C17H15ClFNO/c18-13-5-3-12(4-6-13)15-10-16(15)20-17(21)9-11-1-7-14(19)8-2-11/h1-8,15-16H,9-10H2,(H,20,21)/t15-,16+/m0/s1. The summed E-state index contributed by atoms with van der Waals surface area (Å²) in [5.41, 5.74) is 2.02. The Labute approximate surface area is 127 Å². The third-order valence-electron chi connectivity index (χ3n) is 3.71. The van der Waals surface area contributed by atoms with Gasteiger partial charge in [-0.2, -0.15) is 0 Å². The molecule has 21 heavy (non-hydrogen) atoms. The Kier molecular flexibility index (Phi) is 3.93. The lowest BCUT2D eigenvalue weighted by atomic mass is 10.1. The van der Waals surface area contributed by atoms with Gasteiger partial charge in [-0.3, -0.25) is 4.79 Å². The Morgan fingerprint density at radius 3 is 2.48 bits per heavy atom. The van der Waals surface area contributed by atoms with Gasteiger partial charge in [-0.1, -0.05) is 35.9 Å². The number of carbonyl (C=O) groups excluding carboxylic acids is 1. The first-order valence-corrected chi connectivity index (χ1v) is 7.29. The molecule has 1 amide bonds. The van der Waals surface area contributed by atoms with Crippen LogP contribution in [0.25, 0.3) is 0 Å². The van der Waals surface area contributed by atoms with E-state index in [0.717, 1.165) is 17.0 Å². The van der Waals surface area contributed by atoms with Crippen molar-refractivity contribution >= 4 is 17.5 Å². The van der Waals surface area contributed by atoms with E-state index in [1.807, 2.05) is 24.3 Å². The van der Waals surface area contributed by atoms with Gasteiger partial charge in [-0.05, 0) is 41.8 Å². The van der Waals surface area contributed by atoms with E-state index in [4.69, 9.17) is 11.6 Å². The highest BCUT2D eigenvalue weighted by Crippen LogP contribution is 2.41. The number of carbonyl (C=O) groups is 1. The lowest BCUT2D eigenvalue weighted by Crippen LogP contribution is -2.28. The Balaban J connectivity index is 1.52. The number of benzene rings is 2. The molecule has 1 fully saturated rings. The average molecular weight is 304 g/mol. The van der Waals surface area contributed by atoms with Crippen LogP contribution in [0.15, 0.2) is 48.5 Å². The first-order valence-electron chi connectivity index (χ1n) is 6.91. The molecule has 108 valence electrons. The molecular weight excluding hydrogens is 289 g/mol. The minimum absolute atomic E-state index is 0.0249. The third kappa shape index (κ3) is 3.61. The summed E-state index contributed by atoms with van der Waals surface area (Å²) in [5, 5.41) is 3.73. The fourth-order valence-corrected chi connectivity index (χ4v) is 2.60. The van der Waals surface area contributed by atoms with E-state index in [1.54, 1.807) is 12.1 Å². The molecular formula is C17H15ClFNO. The molecule has 0 aromatic heterocycles. The van der Waals surface area contributed by atoms with Crippen LogP contribution >= 0.6 is 11.6 Å². The lowest BCUT2D eigenvalue weighted by Gasteiger charge is -2.05. The van der Waals surface area contributed by atoms with Crippen molar-refractivity contribution in [1.29, 1.82) is 0 Å². The maximum Gasteiger partial charge on any atom is 0.224 e. The predicted octanol–water partition coefficient (Wildman–Crippen LogP) is 3.69. The zero-order chi connectivity index (χ0) is 14.8. The van der Waals surface area contributed by atoms with Gasteiger partial charge in [-0.15, -0.1) is 0 Å². The van der Waals surface area contributed by atoms with Crippen molar-refractivity contribution in [3.8, 4) is 0 Å². The van der Waals surface area contributed by atoms with E-state index < -0.39 is 0 Å². The quantitative estimate of drug-likeness (QED) is 0.917. The molecule has 4 heteroatoms. The number of hydrogen-bond acceptors (Lipinski definition) is 1. The van der Waals surface area contributed by atoms with Gasteiger partial charge in [-0.25, -0.2) is 4.39 Å². The molecule has 0 aliphatic heterocycles. The second-order valence-electron chi connectivity index (χ2n) is 5.37. The summed E-state index contributed by atoms with van der Waals surface area (Å²) in [6, 6.07) is 13.9. The molecule has 2 aromatic rings. The zero-order valence-corrected chi connectivity index (χ0v) is 12.1.